The van der Waals surface area contributed by atoms with Gasteiger partial charge in [0.2, 0.25) is 5.91 Å². The van der Waals surface area contributed by atoms with Crippen molar-refractivity contribution in [2.45, 2.75) is 83.1 Å². The molecule has 0 heterocycles. The van der Waals surface area contributed by atoms with Crippen LogP contribution in [0.15, 0.2) is 115 Å². The SMILES string of the molecule is CC(C)(C)Oc1ccc(C[C@H](NC(=O)[C@H](Cc2ccccc2)NC(=O)OCc2ccccc2)C(=O)OCC(c2ccccc2)[Si](C)(C)C)cc1. The van der Waals surface area contributed by atoms with Gasteiger partial charge < -0.3 is 24.8 Å². The van der Waals surface area contributed by atoms with Gasteiger partial charge in [-0.2, -0.15) is 0 Å². The van der Waals surface area contributed by atoms with E-state index in [2.05, 4.69) is 42.4 Å². The fourth-order valence-corrected chi connectivity index (χ4v) is 7.29. The molecule has 3 atom stereocenters. The Balaban J connectivity index is 1.55. The van der Waals surface area contributed by atoms with E-state index in [1.165, 1.54) is 0 Å². The second-order valence-corrected chi connectivity index (χ2v) is 20.0. The lowest BCUT2D eigenvalue weighted by atomic mass is 10.0. The van der Waals surface area contributed by atoms with Crippen molar-refractivity contribution >= 4 is 26.0 Å². The maximum atomic E-state index is 14.0. The quantitative estimate of drug-likeness (QED) is 0.0980. The van der Waals surface area contributed by atoms with Gasteiger partial charge in [0, 0.05) is 18.4 Å². The Morgan fingerprint density at radius 3 is 1.72 bits per heavy atom. The number of carbonyl (C=O) groups is 3. The van der Waals surface area contributed by atoms with Crippen LogP contribution in [0.25, 0.3) is 0 Å². The maximum Gasteiger partial charge on any atom is 0.408 e. The molecule has 0 aliphatic carbocycles. The minimum atomic E-state index is -1.81. The molecule has 0 saturated heterocycles. The molecule has 264 valence electrons. The molecule has 8 nitrogen and oxygen atoms in total. The number of benzene rings is 4. The Morgan fingerprint density at radius 2 is 1.16 bits per heavy atom. The topological polar surface area (TPSA) is 103 Å². The fraction of sp³-hybridized carbons (Fsp3) is 0.341. The van der Waals surface area contributed by atoms with Crippen molar-refractivity contribution in [1.82, 2.24) is 10.6 Å². The van der Waals surface area contributed by atoms with Crippen molar-refractivity contribution in [2.24, 2.45) is 0 Å². The summed E-state index contributed by atoms with van der Waals surface area (Å²) in [5, 5.41) is 5.64. The largest absolute Gasteiger partial charge is 0.488 e. The maximum absolute atomic E-state index is 14.0. The lowest BCUT2D eigenvalue weighted by Gasteiger charge is -2.30. The molecular formula is C41H50N2O6Si. The predicted octanol–water partition coefficient (Wildman–Crippen LogP) is 7.63. The van der Waals surface area contributed by atoms with E-state index >= 15 is 0 Å². The molecule has 2 amide bonds. The highest BCUT2D eigenvalue weighted by atomic mass is 28.3. The van der Waals surface area contributed by atoms with Crippen LogP contribution in [0, 0.1) is 0 Å². The van der Waals surface area contributed by atoms with Crippen molar-refractivity contribution in [1.29, 1.82) is 0 Å². The fourth-order valence-electron chi connectivity index (χ4n) is 5.51. The van der Waals surface area contributed by atoms with Crippen LogP contribution >= 0.6 is 0 Å². The Kier molecular flexibility index (Phi) is 13.4. The smallest absolute Gasteiger partial charge is 0.408 e. The van der Waals surface area contributed by atoms with E-state index in [1.54, 1.807) is 0 Å². The molecule has 50 heavy (non-hydrogen) atoms. The molecule has 0 aliphatic heterocycles. The van der Waals surface area contributed by atoms with Gasteiger partial charge in [-0.25, -0.2) is 9.59 Å². The van der Waals surface area contributed by atoms with Crippen LogP contribution in [0.1, 0.15) is 48.6 Å². The third kappa shape index (κ3) is 12.5. The van der Waals surface area contributed by atoms with E-state index < -0.39 is 38.1 Å². The number of hydrogen-bond acceptors (Lipinski definition) is 6. The van der Waals surface area contributed by atoms with Gasteiger partial charge in [0.25, 0.3) is 0 Å². The first kappa shape index (κ1) is 37.9. The second kappa shape index (κ2) is 17.7. The Labute approximate surface area is 297 Å². The van der Waals surface area contributed by atoms with Gasteiger partial charge in [-0.15, -0.1) is 0 Å². The minimum Gasteiger partial charge on any atom is -0.488 e. The standard InChI is InChI=1S/C41H50N2O6Si/c1-41(2,3)49-34-24-22-31(23-25-34)27-36(39(45)47-29-37(50(4,5)6)33-20-14-9-15-21-33)42-38(44)35(26-30-16-10-7-11-17-30)43-40(46)48-28-32-18-12-8-13-19-32/h7-25,35-37H,26-29H2,1-6H3,(H,42,44)(H,43,46)/t35-,36-,37?/m0/s1. The number of rotatable bonds is 15. The van der Waals surface area contributed by atoms with Crippen LogP contribution in [-0.4, -0.2) is 50.3 Å². The normalized spacial score (nSPS) is 13.3. The van der Waals surface area contributed by atoms with Crippen LogP contribution in [0.2, 0.25) is 19.6 Å². The Hall–Kier alpha value is -4.89. The highest BCUT2D eigenvalue weighted by molar-refractivity contribution is 6.77. The number of alkyl carbamates (subject to hydrolysis) is 1. The Morgan fingerprint density at radius 1 is 0.640 bits per heavy atom. The van der Waals surface area contributed by atoms with Crippen molar-refractivity contribution in [2.75, 3.05) is 6.61 Å². The van der Waals surface area contributed by atoms with Crippen LogP contribution < -0.4 is 15.4 Å². The molecule has 0 radical (unpaired) electrons. The first-order valence-electron chi connectivity index (χ1n) is 17.1. The van der Waals surface area contributed by atoms with E-state index in [9.17, 15) is 14.4 Å². The highest BCUT2D eigenvalue weighted by Gasteiger charge is 2.33. The van der Waals surface area contributed by atoms with E-state index in [-0.39, 0.29) is 37.2 Å². The summed E-state index contributed by atoms with van der Waals surface area (Å²) in [7, 11) is -1.81. The van der Waals surface area contributed by atoms with E-state index in [0.717, 1.165) is 22.3 Å². The zero-order valence-corrected chi connectivity index (χ0v) is 31.0. The number of amides is 2. The molecule has 4 aromatic rings. The van der Waals surface area contributed by atoms with Gasteiger partial charge in [0.05, 0.1) is 14.7 Å². The summed E-state index contributed by atoms with van der Waals surface area (Å²) in [4.78, 5) is 40.9. The van der Waals surface area contributed by atoms with Gasteiger partial charge in [0.15, 0.2) is 0 Å². The van der Waals surface area contributed by atoms with Gasteiger partial charge in [-0.1, -0.05) is 123 Å². The van der Waals surface area contributed by atoms with Crippen LogP contribution in [-0.2, 0) is 38.5 Å². The van der Waals surface area contributed by atoms with Crippen LogP contribution in [0.3, 0.4) is 0 Å². The monoisotopic (exact) mass is 694 g/mol. The van der Waals surface area contributed by atoms with E-state index in [0.29, 0.717) is 5.75 Å². The van der Waals surface area contributed by atoms with E-state index in [4.69, 9.17) is 14.2 Å². The number of hydrogen-bond donors (Lipinski definition) is 2. The predicted molar refractivity (Wildman–Crippen MR) is 200 cm³/mol. The molecule has 0 fully saturated rings. The molecule has 9 heteroatoms. The number of ether oxygens (including phenoxy) is 3. The molecule has 4 rings (SSSR count). The molecule has 1 unspecified atom stereocenters. The summed E-state index contributed by atoms with van der Waals surface area (Å²) in [6, 6.07) is 34.2. The molecule has 0 bridgehead atoms. The lowest BCUT2D eigenvalue weighted by Crippen LogP contribution is -2.53. The zero-order valence-electron chi connectivity index (χ0n) is 30.0. The summed E-state index contributed by atoms with van der Waals surface area (Å²) in [5.41, 5.74) is 3.29. The third-order valence-electron chi connectivity index (χ3n) is 8.13. The van der Waals surface area contributed by atoms with Crippen molar-refractivity contribution in [3.05, 3.63) is 138 Å². The zero-order chi connectivity index (χ0) is 36.1. The van der Waals surface area contributed by atoms with Gasteiger partial charge in [-0.3, -0.25) is 4.79 Å². The molecule has 0 aromatic heterocycles. The number of carbonyl (C=O) groups excluding carboxylic acids is 3. The summed E-state index contributed by atoms with van der Waals surface area (Å²) < 4.78 is 17.4. The molecule has 0 aliphatic rings. The lowest BCUT2D eigenvalue weighted by molar-refractivity contribution is -0.148. The van der Waals surface area contributed by atoms with Gasteiger partial charge in [0.1, 0.15) is 30.0 Å². The summed E-state index contributed by atoms with van der Waals surface area (Å²) in [6.07, 6.45) is -0.362. The van der Waals surface area contributed by atoms with Gasteiger partial charge >= 0.3 is 12.1 Å². The summed E-state index contributed by atoms with van der Waals surface area (Å²) in [6.45, 7) is 12.9. The molecule has 0 spiro atoms. The molecule has 0 saturated carbocycles. The number of nitrogens with one attached hydrogen (secondary N) is 2. The van der Waals surface area contributed by atoms with E-state index in [1.807, 2.05) is 124 Å². The first-order chi connectivity index (χ1) is 23.8. The second-order valence-electron chi connectivity index (χ2n) is 14.5. The molecule has 4 aromatic carbocycles. The van der Waals surface area contributed by atoms with Crippen LogP contribution in [0.4, 0.5) is 4.79 Å². The summed E-state index contributed by atoms with van der Waals surface area (Å²) in [5.74, 6) is -0.367. The number of esters is 1. The Bertz CT molecular complexity index is 1650. The van der Waals surface area contributed by atoms with Crippen molar-refractivity contribution < 1.29 is 28.6 Å². The molecule has 2 N–H and O–H groups in total. The highest BCUT2D eigenvalue weighted by Crippen LogP contribution is 2.28. The van der Waals surface area contributed by atoms with Crippen molar-refractivity contribution in [3.8, 4) is 5.75 Å². The van der Waals surface area contributed by atoms with Gasteiger partial charge in [-0.05, 0) is 55.2 Å². The summed E-state index contributed by atoms with van der Waals surface area (Å²) >= 11 is 0. The molecular weight excluding hydrogens is 645 g/mol. The van der Waals surface area contributed by atoms with Crippen molar-refractivity contribution in [3.63, 3.8) is 0 Å². The average molecular weight is 695 g/mol. The average Bonchev–Trinajstić information content (AvgIpc) is 3.07. The first-order valence-corrected chi connectivity index (χ1v) is 20.7. The minimum absolute atomic E-state index is 0.0515. The van der Waals surface area contributed by atoms with Crippen LogP contribution in [0.5, 0.6) is 5.75 Å². The third-order valence-corrected chi connectivity index (χ3v) is 10.7.